The van der Waals surface area contributed by atoms with Crippen LogP contribution < -0.4 is 5.32 Å². The SMILES string of the molecule is CCn1ccc(C2=C(C)C(=O)N[C@@](c3ccc(CCCCC(F)(F)F)cc3F)(C(F)(F)F)C2)n1. The highest BCUT2D eigenvalue weighted by atomic mass is 19.4. The van der Waals surface area contributed by atoms with Crippen LogP contribution in [-0.2, 0) is 23.3 Å². The van der Waals surface area contributed by atoms with Crippen LogP contribution in [0.1, 0.15) is 56.4 Å². The van der Waals surface area contributed by atoms with E-state index in [1.165, 1.54) is 23.7 Å². The Kier molecular flexibility index (Phi) is 7.14. The summed E-state index contributed by atoms with van der Waals surface area (Å²) in [5.41, 5.74) is -3.19. The van der Waals surface area contributed by atoms with Crippen molar-refractivity contribution in [1.82, 2.24) is 15.1 Å². The van der Waals surface area contributed by atoms with E-state index in [1.54, 1.807) is 13.1 Å². The normalized spacial score (nSPS) is 19.5. The van der Waals surface area contributed by atoms with Gasteiger partial charge in [0.1, 0.15) is 5.82 Å². The molecule has 1 aliphatic heterocycles. The number of amides is 1. The van der Waals surface area contributed by atoms with Crippen LogP contribution in [0.5, 0.6) is 0 Å². The molecule has 0 aliphatic carbocycles. The van der Waals surface area contributed by atoms with Crippen molar-refractivity contribution in [3.05, 3.63) is 58.7 Å². The molecule has 2 aromatic rings. The number of carbonyl (C=O) groups is 1. The summed E-state index contributed by atoms with van der Waals surface area (Å²) >= 11 is 0. The van der Waals surface area contributed by atoms with E-state index in [1.807, 2.05) is 5.32 Å². The van der Waals surface area contributed by atoms with E-state index in [0.29, 0.717) is 6.54 Å². The fraction of sp³-hybridized carbons (Fsp3) is 0.478. The largest absolute Gasteiger partial charge is 0.416 e. The van der Waals surface area contributed by atoms with E-state index in [0.717, 1.165) is 12.1 Å². The van der Waals surface area contributed by atoms with Crippen molar-refractivity contribution in [1.29, 1.82) is 0 Å². The van der Waals surface area contributed by atoms with E-state index < -0.39 is 48.0 Å². The first-order valence-corrected chi connectivity index (χ1v) is 10.8. The minimum atomic E-state index is -5.04. The van der Waals surface area contributed by atoms with Crippen LogP contribution in [0.15, 0.2) is 36.0 Å². The zero-order valence-corrected chi connectivity index (χ0v) is 18.6. The number of nitrogens with one attached hydrogen (secondary N) is 1. The van der Waals surface area contributed by atoms with Gasteiger partial charge in [-0.2, -0.15) is 31.4 Å². The quantitative estimate of drug-likeness (QED) is 0.378. The molecule has 34 heavy (non-hydrogen) atoms. The summed E-state index contributed by atoms with van der Waals surface area (Å²) in [6, 6.07) is 4.59. The lowest BCUT2D eigenvalue weighted by atomic mass is 9.77. The van der Waals surface area contributed by atoms with E-state index in [2.05, 4.69) is 5.10 Å². The Morgan fingerprint density at radius 2 is 1.82 bits per heavy atom. The van der Waals surface area contributed by atoms with Crippen molar-refractivity contribution < 1.29 is 35.5 Å². The number of rotatable bonds is 7. The Labute approximate surface area is 191 Å². The molecule has 1 atom stereocenters. The highest BCUT2D eigenvalue weighted by Crippen LogP contribution is 2.48. The summed E-state index contributed by atoms with van der Waals surface area (Å²) < 4.78 is 96.8. The standard InChI is InChI=1S/C23H24F7N3O/c1-3-33-11-9-19(32-33)16-13-21(23(28,29)30,31-20(34)14(16)2)17-8-7-15(12-18(17)24)6-4-5-10-22(25,26)27/h7-9,11-12H,3-6,10,13H2,1-2H3,(H,31,34)/t21-/m0/s1. The third-order valence-electron chi connectivity index (χ3n) is 5.99. The Morgan fingerprint density at radius 1 is 1.12 bits per heavy atom. The molecule has 0 bridgehead atoms. The Morgan fingerprint density at radius 3 is 2.38 bits per heavy atom. The molecule has 0 spiro atoms. The zero-order chi connectivity index (χ0) is 25.3. The molecule has 1 aromatic heterocycles. The molecular formula is C23H24F7N3O. The first kappa shape index (κ1) is 25.8. The van der Waals surface area contributed by atoms with E-state index in [9.17, 15) is 31.1 Å². The summed E-state index contributed by atoms with van der Waals surface area (Å²) in [4.78, 5) is 12.6. The second-order valence-corrected chi connectivity index (χ2v) is 8.33. The predicted octanol–water partition coefficient (Wildman–Crippen LogP) is 6.07. The van der Waals surface area contributed by atoms with Crippen molar-refractivity contribution in [2.75, 3.05) is 0 Å². The lowest BCUT2D eigenvalue weighted by molar-refractivity contribution is -0.202. The molecule has 1 aromatic carbocycles. The molecule has 4 nitrogen and oxygen atoms in total. The predicted molar refractivity (Wildman–Crippen MR) is 111 cm³/mol. The number of alkyl halides is 6. The van der Waals surface area contributed by atoms with E-state index >= 15 is 4.39 Å². The second kappa shape index (κ2) is 9.42. The van der Waals surface area contributed by atoms with Gasteiger partial charge >= 0.3 is 12.4 Å². The van der Waals surface area contributed by atoms with Gasteiger partial charge in [0.15, 0.2) is 5.54 Å². The average Bonchev–Trinajstić information content (AvgIpc) is 3.21. The summed E-state index contributed by atoms with van der Waals surface area (Å²) in [5.74, 6) is -2.18. The molecule has 2 heterocycles. The molecule has 0 saturated carbocycles. The smallest absolute Gasteiger partial charge is 0.334 e. The minimum Gasteiger partial charge on any atom is -0.334 e. The van der Waals surface area contributed by atoms with Gasteiger partial charge in [0.05, 0.1) is 5.69 Å². The summed E-state index contributed by atoms with van der Waals surface area (Å²) in [6.07, 6.45) is -9.50. The van der Waals surface area contributed by atoms with Crippen molar-refractivity contribution in [3.63, 3.8) is 0 Å². The highest BCUT2D eigenvalue weighted by Gasteiger charge is 2.60. The maximum Gasteiger partial charge on any atom is 0.416 e. The second-order valence-electron chi connectivity index (χ2n) is 8.33. The van der Waals surface area contributed by atoms with E-state index in [-0.39, 0.29) is 41.7 Å². The van der Waals surface area contributed by atoms with Crippen LogP contribution in [0.25, 0.3) is 5.57 Å². The number of carbonyl (C=O) groups excluding carboxylic acids is 1. The maximum atomic E-state index is 15.1. The third-order valence-corrected chi connectivity index (χ3v) is 5.99. The number of aromatic nitrogens is 2. The van der Waals surface area contributed by atoms with Crippen LogP contribution in [0.2, 0.25) is 0 Å². The molecule has 1 N–H and O–H groups in total. The van der Waals surface area contributed by atoms with Gasteiger partial charge in [0.2, 0.25) is 5.91 Å². The number of hydrogen-bond donors (Lipinski definition) is 1. The minimum absolute atomic E-state index is 0.0583. The van der Waals surface area contributed by atoms with Gasteiger partial charge in [-0.1, -0.05) is 12.1 Å². The molecule has 0 fully saturated rings. The number of unbranched alkanes of at least 4 members (excludes halogenated alkanes) is 1. The fourth-order valence-corrected chi connectivity index (χ4v) is 4.05. The van der Waals surface area contributed by atoms with Crippen LogP contribution in [0.3, 0.4) is 0 Å². The zero-order valence-electron chi connectivity index (χ0n) is 18.6. The molecule has 0 unspecified atom stereocenters. The van der Waals surface area contributed by atoms with Crippen LogP contribution >= 0.6 is 0 Å². The lowest BCUT2D eigenvalue weighted by Crippen LogP contribution is -2.59. The highest BCUT2D eigenvalue weighted by molar-refractivity contribution is 6.03. The summed E-state index contributed by atoms with van der Waals surface area (Å²) in [6.45, 7) is 3.66. The number of nitrogens with zero attached hydrogens (tertiary/aromatic N) is 2. The first-order chi connectivity index (χ1) is 15.8. The van der Waals surface area contributed by atoms with Crippen LogP contribution in [0, 0.1) is 5.82 Å². The van der Waals surface area contributed by atoms with Gasteiger partial charge in [-0.05, 0) is 56.4 Å². The van der Waals surface area contributed by atoms with Crippen LogP contribution in [-0.4, -0.2) is 28.0 Å². The molecule has 0 saturated heterocycles. The van der Waals surface area contributed by atoms with Gasteiger partial charge in [-0.25, -0.2) is 4.39 Å². The van der Waals surface area contributed by atoms with Crippen molar-refractivity contribution >= 4 is 11.5 Å². The monoisotopic (exact) mass is 491 g/mol. The van der Waals surface area contributed by atoms with Crippen LogP contribution in [0.4, 0.5) is 30.7 Å². The lowest BCUT2D eigenvalue weighted by Gasteiger charge is -2.41. The van der Waals surface area contributed by atoms with Gasteiger partial charge in [-0.3, -0.25) is 9.48 Å². The van der Waals surface area contributed by atoms with Crippen molar-refractivity contribution in [3.8, 4) is 0 Å². The maximum absolute atomic E-state index is 15.1. The summed E-state index contributed by atoms with van der Waals surface area (Å²) in [5, 5.41) is 6.18. The molecule has 3 rings (SSSR count). The van der Waals surface area contributed by atoms with Crippen molar-refractivity contribution in [2.24, 2.45) is 0 Å². The van der Waals surface area contributed by atoms with Gasteiger partial charge < -0.3 is 5.32 Å². The fourth-order valence-electron chi connectivity index (χ4n) is 4.05. The first-order valence-electron chi connectivity index (χ1n) is 10.8. The molecule has 11 heteroatoms. The Balaban J connectivity index is 1.95. The molecule has 186 valence electrons. The number of benzene rings is 1. The van der Waals surface area contributed by atoms with Gasteiger partial charge in [0.25, 0.3) is 0 Å². The Bertz CT molecular complexity index is 1080. The summed E-state index contributed by atoms with van der Waals surface area (Å²) in [7, 11) is 0. The molecule has 1 aliphatic rings. The molecular weight excluding hydrogens is 467 g/mol. The number of halogens is 7. The molecule has 0 radical (unpaired) electrons. The van der Waals surface area contributed by atoms with Crippen molar-refractivity contribution in [2.45, 2.75) is 70.4 Å². The molecule has 1 amide bonds. The Hall–Kier alpha value is -2.85. The van der Waals surface area contributed by atoms with E-state index in [4.69, 9.17) is 0 Å². The number of aryl methyl sites for hydroxylation is 2. The topological polar surface area (TPSA) is 46.9 Å². The average molecular weight is 491 g/mol. The van der Waals surface area contributed by atoms with Gasteiger partial charge in [0, 0.05) is 36.7 Å². The third kappa shape index (κ3) is 5.28. The van der Waals surface area contributed by atoms with Gasteiger partial charge in [-0.15, -0.1) is 0 Å². The number of hydrogen-bond acceptors (Lipinski definition) is 2.